The summed E-state index contributed by atoms with van der Waals surface area (Å²) < 4.78 is 0. The molecular weight excluding hydrogens is 202 g/mol. The van der Waals surface area contributed by atoms with Gasteiger partial charge in [0.1, 0.15) is 17.7 Å². The van der Waals surface area contributed by atoms with Crippen LogP contribution in [0.1, 0.15) is 5.56 Å². The van der Waals surface area contributed by atoms with Crippen molar-refractivity contribution in [1.29, 1.82) is 10.5 Å². The smallest absolute Gasteiger partial charge is 0.130 e. The Morgan fingerprint density at radius 1 is 1.25 bits per heavy atom. The highest BCUT2D eigenvalue weighted by Gasteiger charge is 1.94. The van der Waals surface area contributed by atoms with Crippen molar-refractivity contribution in [3.05, 3.63) is 35.4 Å². The van der Waals surface area contributed by atoms with E-state index in [1.807, 2.05) is 12.1 Å². The second-order valence-corrected chi connectivity index (χ2v) is 3.05. The largest absolute Gasteiger partial charge is 0.395 e. The normalized spacial score (nSPS) is 8.69. The van der Waals surface area contributed by atoms with Crippen molar-refractivity contribution in [1.82, 2.24) is 0 Å². The average molecular weight is 213 g/mol. The quantitative estimate of drug-likeness (QED) is 0.743. The molecule has 1 rings (SSSR count). The van der Waals surface area contributed by atoms with Crippen molar-refractivity contribution < 1.29 is 5.11 Å². The first-order valence-corrected chi connectivity index (χ1v) is 4.77. The predicted molar refractivity (Wildman–Crippen MR) is 61.2 cm³/mol. The van der Waals surface area contributed by atoms with Crippen LogP contribution in [-0.2, 0) is 0 Å². The Labute approximate surface area is 94.1 Å². The maximum Gasteiger partial charge on any atom is 0.130 e. The molecule has 4 heteroatoms. The van der Waals surface area contributed by atoms with Crippen molar-refractivity contribution in [2.24, 2.45) is 0 Å². The summed E-state index contributed by atoms with van der Waals surface area (Å²) in [5.41, 5.74) is 1.77. The van der Waals surface area contributed by atoms with Gasteiger partial charge in [0.2, 0.25) is 0 Å². The topological polar surface area (TPSA) is 79.8 Å². The molecular formula is C12H11N3O. The number of benzene rings is 1. The van der Waals surface area contributed by atoms with Crippen LogP contribution in [0.5, 0.6) is 0 Å². The second kappa shape index (κ2) is 6.23. The lowest BCUT2D eigenvalue weighted by molar-refractivity contribution is 0.311. The first-order valence-electron chi connectivity index (χ1n) is 4.77. The lowest BCUT2D eigenvalue weighted by atomic mass is 10.1. The molecule has 0 unspecified atom stereocenters. The molecule has 0 heterocycles. The number of nitrogens with zero attached hydrogens (tertiary/aromatic N) is 2. The van der Waals surface area contributed by atoms with Gasteiger partial charge in [-0.25, -0.2) is 0 Å². The Morgan fingerprint density at radius 2 is 1.88 bits per heavy atom. The second-order valence-electron chi connectivity index (χ2n) is 3.05. The van der Waals surface area contributed by atoms with Crippen LogP contribution in [0.3, 0.4) is 0 Å². The monoisotopic (exact) mass is 213 g/mol. The Bertz CT molecular complexity index is 433. The fourth-order valence-corrected chi connectivity index (χ4v) is 1.15. The summed E-state index contributed by atoms with van der Waals surface area (Å²) in [6, 6.07) is 10.9. The third-order valence-electron chi connectivity index (χ3n) is 1.90. The first kappa shape index (κ1) is 11.8. The predicted octanol–water partition coefficient (Wildman–Crippen LogP) is 1.52. The molecule has 0 aromatic heterocycles. The van der Waals surface area contributed by atoms with Crippen LogP contribution >= 0.6 is 0 Å². The molecule has 1 aromatic carbocycles. The molecule has 0 saturated heterocycles. The maximum atomic E-state index is 8.62. The summed E-state index contributed by atoms with van der Waals surface area (Å²) in [5, 5.41) is 28.8. The van der Waals surface area contributed by atoms with Crippen LogP contribution in [0.25, 0.3) is 6.08 Å². The van der Waals surface area contributed by atoms with E-state index in [0.717, 1.165) is 11.3 Å². The molecule has 0 fully saturated rings. The fraction of sp³-hybridized carbons (Fsp3) is 0.167. The van der Waals surface area contributed by atoms with E-state index in [1.54, 1.807) is 24.3 Å². The molecule has 0 saturated carbocycles. The van der Waals surface area contributed by atoms with Crippen molar-refractivity contribution in [3.8, 4) is 12.1 Å². The zero-order valence-electron chi connectivity index (χ0n) is 8.64. The van der Waals surface area contributed by atoms with Gasteiger partial charge < -0.3 is 10.4 Å². The van der Waals surface area contributed by atoms with Gasteiger partial charge in [0.05, 0.1) is 6.61 Å². The van der Waals surface area contributed by atoms with Gasteiger partial charge in [0.25, 0.3) is 0 Å². The highest BCUT2D eigenvalue weighted by molar-refractivity contribution is 5.63. The van der Waals surface area contributed by atoms with E-state index in [2.05, 4.69) is 5.32 Å². The fourth-order valence-electron chi connectivity index (χ4n) is 1.15. The summed E-state index contributed by atoms with van der Waals surface area (Å²) in [7, 11) is 0. The van der Waals surface area contributed by atoms with Gasteiger partial charge in [0, 0.05) is 12.2 Å². The molecule has 0 radical (unpaired) electrons. The molecule has 2 N–H and O–H groups in total. The lowest BCUT2D eigenvalue weighted by Crippen LogP contribution is -2.04. The zero-order chi connectivity index (χ0) is 11.8. The first-order chi connectivity index (χ1) is 7.80. The number of nitrogens with one attached hydrogen (secondary N) is 1. The Kier molecular flexibility index (Phi) is 4.59. The van der Waals surface area contributed by atoms with Gasteiger partial charge in [-0.1, -0.05) is 12.1 Å². The summed E-state index contributed by atoms with van der Waals surface area (Å²) in [4.78, 5) is 0. The van der Waals surface area contributed by atoms with E-state index in [9.17, 15) is 0 Å². The Morgan fingerprint density at radius 3 is 2.38 bits per heavy atom. The van der Waals surface area contributed by atoms with E-state index in [4.69, 9.17) is 15.6 Å². The van der Waals surface area contributed by atoms with Crippen molar-refractivity contribution in [2.75, 3.05) is 18.5 Å². The van der Waals surface area contributed by atoms with Crippen LogP contribution in [0.4, 0.5) is 5.69 Å². The summed E-state index contributed by atoms with van der Waals surface area (Å²) in [5.74, 6) is 0. The van der Waals surface area contributed by atoms with Gasteiger partial charge in [-0.05, 0) is 23.8 Å². The van der Waals surface area contributed by atoms with E-state index in [1.165, 1.54) is 6.08 Å². The SMILES string of the molecule is N#CC(C#N)=Cc1ccc(NCCO)cc1. The molecule has 0 aliphatic heterocycles. The van der Waals surface area contributed by atoms with Gasteiger partial charge in [0.15, 0.2) is 0 Å². The molecule has 4 nitrogen and oxygen atoms in total. The number of hydrogen-bond acceptors (Lipinski definition) is 4. The number of hydrogen-bond donors (Lipinski definition) is 2. The van der Waals surface area contributed by atoms with E-state index in [0.29, 0.717) is 6.54 Å². The van der Waals surface area contributed by atoms with Gasteiger partial charge in [-0.3, -0.25) is 0 Å². The minimum absolute atomic E-state index is 0.0780. The molecule has 0 aliphatic carbocycles. The van der Waals surface area contributed by atoms with Gasteiger partial charge in [-0.2, -0.15) is 10.5 Å². The third-order valence-corrected chi connectivity index (χ3v) is 1.90. The maximum absolute atomic E-state index is 8.62. The van der Waals surface area contributed by atoms with Gasteiger partial charge >= 0.3 is 0 Å². The summed E-state index contributed by atoms with van der Waals surface area (Å²) >= 11 is 0. The molecule has 1 aromatic rings. The number of rotatable bonds is 4. The van der Waals surface area contributed by atoms with Crippen LogP contribution in [0.2, 0.25) is 0 Å². The van der Waals surface area contributed by atoms with Crippen LogP contribution in [0.15, 0.2) is 29.8 Å². The number of allylic oxidation sites excluding steroid dienone is 1. The van der Waals surface area contributed by atoms with E-state index in [-0.39, 0.29) is 12.2 Å². The highest BCUT2D eigenvalue weighted by atomic mass is 16.3. The van der Waals surface area contributed by atoms with Crippen LogP contribution in [0, 0.1) is 22.7 Å². The summed E-state index contributed by atoms with van der Waals surface area (Å²) in [6.45, 7) is 0.575. The Balaban J connectivity index is 2.77. The van der Waals surface area contributed by atoms with Crippen LogP contribution in [-0.4, -0.2) is 18.3 Å². The number of aliphatic hydroxyl groups is 1. The molecule has 0 aliphatic rings. The van der Waals surface area contributed by atoms with Crippen LogP contribution < -0.4 is 5.32 Å². The van der Waals surface area contributed by atoms with Crippen molar-refractivity contribution >= 4 is 11.8 Å². The number of aliphatic hydroxyl groups excluding tert-OH is 1. The minimum Gasteiger partial charge on any atom is -0.395 e. The zero-order valence-corrected chi connectivity index (χ0v) is 8.64. The molecule has 0 bridgehead atoms. The van der Waals surface area contributed by atoms with Gasteiger partial charge in [-0.15, -0.1) is 0 Å². The standard InChI is InChI=1S/C12H11N3O/c13-8-11(9-14)7-10-1-3-12(4-2-10)15-5-6-16/h1-4,7,15-16H,5-6H2. The Hall–Kier alpha value is -2.30. The lowest BCUT2D eigenvalue weighted by Gasteiger charge is -2.03. The van der Waals surface area contributed by atoms with Crippen molar-refractivity contribution in [2.45, 2.75) is 0 Å². The average Bonchev–Trinajstić information content (AvgIpc) is 2.35. The molecule has 0 spiro atoms. The molecule has 80 valence electrons. The minimum atomic E-state index is 0.0780. The number of anilines is 1. The third kappa shape index (κ3) is 3.45. The van der Waals surface area contributed by atoms with E-state index >= 15 is 0 Å². The van der Waals surface area contributed by atoms with Crippen molar-refractivity contribution in [3.63, 3.8) is 0 Å². The highest BCUT2D eigenvalue weighted by Crippen LogP contribution is 2.11. The molecule has 16 heavy (non-hydrogen) atoms. The van der Waals surface area contributed by atoms with E-state index < -0.39 is 0 Å². The number of nitriles is 2. The summed E-state index contributed by atoms with van der Waals surface area (Å²) in [6.07, 6.45) is 1.52. The molecule has 0 amide bonds. The molecule has 0 atom stereocenters.